The lowest BCUT2D eigenvalue weighted by atomic mass is 9.91. The van der Waals surface area contributed by atoms with E-state index in [1.165, 1.54) is 12.1 Å². The summed E-state index contributed by atoms with van der Waals surface area (Å²) in [4.78, 5) is 9.78. The molecule has 0 saturated heterocycles. The lowest BCUT2D eigenvalue weighted by Crippen LogP contribution is -2.34. The van der Waals surface area contributed by atoms with Crippen LogP contribution < -0.4 is 10.5 Å². The number of nitrogen functional groups attached to an aromatic ring is 1. The van der Waals surface area contributed by atoms with E-state index < -0.39 is 14.9 Å². The highest BCUT2D eigenvalue weighted by atomic mass is 32.2. The van der Waals surface area contributed by atoms with E-state index in [4.69, 9.17) is 5.73 Å². The fourth-order valence-corrected chi connectivity index (χ4v) is 2.75. The Labute approximate surface area is 118 Å². The maximum absolute atomic E-state index is 12.2. The minimum atomic E-state index is -3.87. The van der Waals surface area contributed by atoms with Crippen molar-refractivity contribution in [2.24, 2.45) is 5.41 Å². The first kappa shape index (κ1) is 16.4. The second-order valence-electron chi connectivity index (χ2n) is 5.32. The number of rotatable bonds is 6. The second-order valence-corrected chi connectivity index (χ2v) is 7.06. The topological polar surface area (TPSA) is 115 Å². The van der Waals surface area contributed by atoms with Crippen molar-refractivity contribution in [3.05, 3.63) is 28.3 Å². The average molecular weight is 301 g/mol. The molecule has 0 aliphatic rings. The van der Waals surface area contributed by atoms with Crippen LogP contribution in [0.5, 0.6) is 0 Å². The molecule has 0 spiro atoms. The van der Waals surface area contributed by atoms with E-state index in [1.807, 2.05) is 20.8 Å². The maximum Gasteiger partial charge on any atom is 0.270 e. The van der Waals surface area contributed by atoms with Gasteiger partial charge in [0, 0.05) is 18.7 Å². The smallest absolute Gasteiger partial charge is 0.270 e. The standard InChI is InChI=1S/C12H19N3O4S/c1-4-12(2,3)8-14-20(18,19)11-7-9(15(16)17)5-6-10(11)13/h5-7,14H,4,8,13H2,1-3H3. The summed E-state index contributed by atoms with van der Waals surface area (Å²) >= 11 is 0. The summed E-state index contributed by atoms with van der Waals surface area (Å²) in [5, 5.41) is 10.7. The SMILES string of the molecule is CCC(C)(C)CNS(=O)(=O)c1cc([N+](=O)[O-])ccc1N. The largest absolute Gasteiger partial charge is 0.398 e. The van der Waals surface area contributed by atoms with E-state index in [2.05, 4.69) is 4.72 Å². The third-order valence-electron chi connectivity index (χ3n) is 3.20. The number of nitro benzene ring substituents is 1. The Morgan fingerprint density at radius 2 is 2.00 bits per heavy atom. The van der Waals surface area contributed by atoms with Crippen LogP contribution in [0.4, 0.5) is 11.4 Å². The van der Waals surface area contributed by atoms with Crippen molar-refractivity contribution in [2.75, 3.05) is 12.3 Å². The van der Waals surface area contributed by atoms with Gasteiger partial charge >= 0.3 is 0 Å². The van der Waals surface area contributed by atoms with E-state index in [0.717, 1.165) is 12.5 Å². The molecular formula is C12H19N3O4S. The van der Waals surface area contributed by atoms with Crippen LogP contribution in [0.25, 0.3) is 0 Å². The molecule has 3 N–H and O–H groups in total. The van der Waals surface area contributed by atoms with Gasteiger partial charge in [0.2, 0.25) is 10.0 Å². The molecule has 0 bridgehead atoms. The predicted molar refractivity (Wildman–Crippen MR) is 76.8 cm³/mol. The van der Waals surface area contributed by atoms with Gasteiger partial charge in [-0.15, -0.1) is 0 Å². The average Bonchev–Trinajstić information content (AvgIpc) is 2.37. The number of hydrogen-bond donors (Lipinski definition) is 2. The van der Waals surface area contributed by atoms with E-state index in [-0.39, 0.29) is 28.2 Å². The molecule has 0 aromatic heterocycles. The zero-order valence-corrected chi connectivity index (χ0v) is 12.5. The van der Waals surface area contributed by atoms with Gasteiger partial charge in [-0.2, -0.15) is 0 Å². The highest BCUT2D eigenvalue weighted by Gasteiger charge is 2.24. The third kappa shape index (κ3) is 3.91. The van der Waals surface area contributed by atoms with Gasteiger partial charge in [-0.25, -0.2) is 13.1 Å². The first-order valence-corrected chi connectivity index (χ1v) is 7.61. The summed E-state index contributed by atoms with van der Waals surface area (Å²) in [6.45, 7) is 6.03. The van der Waals surface area contributed by atoms with Crippen LogP contribution in [0.3, 0.4) is 0 Å². The summed E-state index contributed by atoms with van der Waals surface area (Å²) in [7, 11) is -3.87. The van der Waals surface area contributed by atoms with Crippen LogP contribution in [0, 0.1) is 15.5 Å². The summed E-state index contributed by atoms with van der Waals surface area (Å²) in [6, 6.07) is 3.36. The number of nitrogens with two attached hydrogens (primary N) is 1. The number of nitrogens with one attached hydrogen (secondary N) is 1. The van der Waals surface area contributed by atoms with Crippen molar-refractivity contribution in [3.63, 3.8) is 0 Å². The lowest BCUT2D eigenvalue weighted by molar-refractivity contribution is -0.385. The summed E-state index contributed by atoms with van der Waals surface area (Å²) in [6.07, 6.45) is 0.792. The zero-order chi connectivity index (χ0) is 15.6. The predicted octanol–water partition coefficient (Wildman–Crippen LogP) is 1.89. The molecule has 112 valence electrons. The van der Waals surface area contributed by atoms with Crippen LogP contribution >= 0.6 is 0 Å². The molecule has 8 heteroatoms. The van der Waals surface area contributed by atoms with Gasteiger partial charge in [0.1, 0.15) is 4.90 Å². The van der Waals surface area contributed by atoms with Crippen LogP contribution in [0.1, 0.15) is 27.2 Å². The first-order valence-electron chi connectivity index (χ1n) is 6.12. The van der Waals surface area contributed by atoms with Gasteiger partial charge in [0.15, 0.2) is 0 Å². The van der Waals surface area contributed by atoms with Crippen molar-refractivity contribution >= 4 is 21.4 Å². The van der Waals surface area contributed by atoms with Gasteiger partial charge < -0.3 is 5.73 Å². The van der Waals surface area contributed by atoms with Crippen LogP contribution in [-0.4, -0.2) is 19.9 Å². The molecule has 1 aromatic carbocycles. The quantitative estimate of drug-likeness (QED) is 0.473. The van der Waals surface area contributed by atoms with Gasteiger partial charge in [-0.05, 0) is 17.9 Å². The Morgan fingerprint density at radius 3 is 2.50 bits per heavy atom. The van der Waals surface area contributed by atoms with E-state index in [1.54, 1.807) is 0 Å². The monoisotopic (exact) mass is 301 g/mol. The number of hydrogen-bond acceptors (Lipinski definition) is 5. The lowest BCUT2D eigenvalue weighted by Gasteiger charge is -2.22. The minimum absolute atomic E-state index is 0.0163. The van der Waals surface area contributed by atoms with Crippen molar-refractivity contribution < 1.29 is 13.3 Å². The number of benzene rings is 1. The molecule has 1 aromatic rings. The molecule has 1 rings (SSSR count). The molecule has 0 amide bonds. The number of nitrogens with zero attached hydrogens (tertiary/aromatic N) is 1. The Balaban J connectivity index is 3.09. The van der Waals surface area contributed by atoms with E-state index in [9.17, 15) is 18.5 Å². The molecular weight excluding hydrogens is 282 g/mol. The van der Waals surface area contributed by atoms with Gasteiger partial charge in [-0.3, -0.25) is 10.1 Å². The first-order chi connectivity index (χ1) is 9.09. The minimum Gasteiger partial charge on any atom is -0.398 e. The van der Waals surface area contributed by atoms with Crippen LogP contribution in [0.2, 0.25) is 0 Å². The number of nitro groups is 1. The fraction of sp³-hybridized carbons (Fsp3) is 0.500. The van der Waals surface area contributed by atoms with Crippen LogP contribution in [-0.2, 0) is 10.0 Å². The highest BCUT2D eigenvalue weighted by molar-refractivity contribution is 7.89. The number of sulfonamides is 1. The number of non-ortho nitro benzene ring substituents is 1. The molecule has 0 saturated carbocycles. The molecule has 0 radical (unpaired) electrons. The Kier molecular flexibility index (Phi) is 4.72. The molecule has 0 atom stereocenters. The third-order valence-corrected chi connectivity index (χ3v) is 4.65. The Hall–Kier alpha value is -1.67. The zero-order valence-electron chi connectivity index (χ0n) is 11.7. The normalized spacial score (nSPS) is 12.3. The van der Waals surface area contributed by atoms with E-state index in [0.29, 0.717) is 0 Å². The molecule has 0 aliphatic heterocycles. The van der Waals surface area contributed by atoms with Crippen molar-refractivity contribution in [2.45, 2.75) is 32.1 Å². The molecule has 0 fully saturated rings. The second kappa shape index (κ2) is 5.76. The van der Waals surface area contributed by atoms with Gasteiger partial charge in [0.25, 0.3) is 5.69 Å². The molecule has 0 aliphatic carbocycles. The molecule has 0 heterocycles. The van der Waals surface area contributed by atoms with E-state index >= 15 is 0 Å². The van der Waals surface area contributed by atoms with Gasteiger partial charge in [0.05, 0.1) is 10.6 Å². The van der Waals surface area contributed by atoms with Crippen molar-refractivity contribution in [3.8, 4) is 0 Å². The number of anilines is 1. The fourth-order valence-electron chi connectivity index (χ4n) is 1.36. The summed E-state index contributed by atoms with van der Waals surface area (Å²) in [5.74, 6) is 0. The maximum atomic E-state index is 12.2. The summed E-state index contributed by atoms with van der Waals surface area (Å²) < 4.78 is 26.8. The molecule has 0 unspecified atom stereocenters. The highest BCUT2D eigenvalue weighted by Crippen LogP contribution is 2.25. The molecule has 20 heavy (non-hydrogen) atoms. The van der Waals surface area contributed by atoms with Crippen LogP contribution in [0.15, 0.2) is 23.1 Å². The van der Waals surface area contributed by atoms with Gasteiger partial charge in [-0.1, -0.05) is 20.8 Å². The molecule has 7 nitrogen and oxygen atoms in total. The Morgan fingerprint density at radius 1 is 1.40 bits per heavy atom. The van der Waals surface area contributed by atoms with Crippen molar-refractivity contribution in [1.82, 2.24) is 4.72 Å². The summed E-state index contributed by atoms with van der Waals surface area (Å²) in [5.41, 5.74) is 5.07. The van der Waals surface area contributed by atoms with Crippen molar-refractivity contribution in [1.29, 1.82) is 0 Å². The Bertz CT molecular complexity index is 611.